The number of thiophene rings is 1. The smallest absolute Gasteiger partial charge is 0.228 e. The van der Waals surface area contributed by atoms with E-state index < -0.39 is 6.04 Å². The van der Waals surface area contributed by atoms with Crippen LogP contribution >= 0.6 is 11.3 Å². The van der Waals surface area contributed by atoms with Crippen LogP contribution in [0.2, 0.25) is 0 Å². The first-order valence-corrected chi connectivity index (χ1v) is 12.3. The molecule has 1 aromatic heterocycles. The summed E-state index contributed by atoms with van der Waals surface area (Å²) < 4.78 is 5.33. The summed E-state index contributed by atoms with van der Waals surface area (Å²) in [6.45, 7) is 2.19. The quantitative estimate of drug-likeness (QED) is 0.741. The molecule has 172 valence electrons. The second-order valence-electron chi connectivity index (χ2n) is 8.49. The van der Waals surface area contributed by atoms with Crippen LogP contribution in [0.15, 0.2) is 53.0 Å². The summed E-state index contributed by atoms with van der Waals surface area (Å²) in [7, 11) is 0. The van der Waals surface area contributed by atoms with Crippen LogP contribution in [-0.2, 0) is 19.1 Å². The number of carbonyl (C=O) groups is 3. The van der Waals surface area contributed by atoms with Gasteiger partial charge in [-0.05, 0) is 36.4 Å². The zero-order valence-electron chi connectivity index (χ0n) is 18.4. The molecule has 1 aliphatic carbocycles. The van der Waals surface area contributed by atoms with E-state index in [0.29, 0.717) is 38.3 Å². The van der Waals surface area contributed by atoms with Crippen LogP contribution in [-0.4, -0.2) is 48.8 Å². The number of benzene rings is 1. The summed E-state index contributed by atoms with van der Waals surface area (Å²) in [4.78, 5) is 44.1. The van der Waals surface area contributed by atoms with Gasteiger partial charge in [-0.15, -0.1) is 11.3 Å². The van der Waals surface area contributed by atoms with Crippen LogP contribution < -0.4 is 10.2 Å². The Hall–Kier alpha value is -2.97. The minimum absolute atomic E-state index is 0.0331. The van der Waals surface area contributed by atoms with E-state index in [2.05, 4.69) is 5.32 Å². The maximum absolute atomic E-state index is 13.8. The molecule has 5 rings (SSSR count). The summed E-state index contributed by atoms with van der Waals surface area (Å²) >= 11 is 1.54. The van der Waals surface area contributed by atoms with Gasteiger partial charge in [0.05, 0.1) is 24.6 Å². The van der Waals surface area contributed by atoms with E-state index in [1.807, 2.05) is 41.8 Å². The summed E-state index contributed by atoms with van der Waals surface area (Å²) in [5.74, 6) is -0.109. The molecular weight excluding hydrogens is 438 g/mol. The topological polar surface area (TPSA) is 79.0 Å². The number of para-hydroxylation sites is 2. The number of nitrogens with zero attached hydrogens (tertiary/aromatic N) is 2. The van der Waals surface area contributed by atoms with Gasteiger partial charge >= 0.3 is 0 Å². The molecule has 0 spiro atoms. The van der Waals surface area contributed by atoms with Gasteiger partial charge in [-0.2, -0.15) is 0 Å². The highest BCUT2D eigenvalue weighted by Crippen LogP contribution is 2.46. The second kappa shape index (κ2) is 9.49. The number of hydrogen-bond acceptors (Lipinski definition) is 6. The second-order valence-corrected chi connectivity index (χ2v) is 9.47. The van der Waals surface area contributed by atoms with E-state index in [-0.39, 0.29) is 30.4 Å². The summed E-state index contributed by atoms with van der Waals surface area (Å²) in [6, 6.07) is 11.1. The lowest BCUT2D eigenvalue weighted by atomic mass is 9.88. The third-order valence-corrected chi connectivity index (χ3v) is 7.36. The third kappa shape index (κ3) is 4.32. The highest BCUT2D eigenvalue weighted by atomic mass is 32.1. The molecule has 3 aliphatic rings. The number of hydrogen-bond donors (Lipinski definition) is 1. The van der Waals surface area contributed by atoms with E-state index in [1.54, 1.807) is 21.1 Å². The van der Waals surface area contributed by atoms with Crippen molar-refractivity contribution in [2.75, 3.05) is 36.5 Å². The Kier molecular flexibility index (Phi) is 6.28. The standard InChI is InChI=1S/C25H27N3O4S/c29-20-8-3-6-18-24(20)25(21-9-4-16-33-21)28(19-7-2-1-5-17(19)26-18)23(31)11-10-22(30)27-12-14-32-15-13-27/h1-2,4-5,7,9,16,25-26H,3,6,8,10-15H2/t25-/m0/s1. The molecule has 0 saturated carbocycles. The van der Waals surface area contributed by atoms with Gasteiger partial charge in [0.15, 0.2) is 5.78 Å². The van der Waals surface area contributed by atoms with Crippen molar-refractivity contribution < 1.29 is 19.1 Å². The number of amides is 2. The van der Waals surface area contributed by atoms with Crippen LogP contribution in [0, 0.1) is 0 Å². The minimum atomic E-state index is -0.491. The molecule has 0 radical (unpaired) electrons. The lowest BCUT2D eigenvalue weighted by molar-refractivity contribution is -0.136. The van der Waals surface area contributed by atoms with Gasteiger partial charge in [0.2, 0.25) is 11.8 Å². The Morgan fingerprint density at radius 3 is 2.61 bits per heavy atom. The Balaban J connectivity index is 1.51. The average Bonchev–Trinajstić information content (AvgIpc) is 3.32. The van der Waals surface area contributed by atoms with Crippen molar-refractivity contribution in [3.63, 3.8) is 0 Å². The van der Waals surface area contributed by atoms with E-state index in [1.165, 1.54) is 0 Å². The summed E-state index contributed by atoms with van der Waals surface area (Å²) in [5.41, 5.74) is 3.12. The van der Waals surface area contributed by atoms with E-state index in [0.717, 1.165) is 34.8 Å². The zero-order chi connectivity index (χ0) is 22.8. The lowest BCUT2D eigenvalue weighted by Gasteiger charge is -2.33. The molecule has 2 aromatic rings. The molecule has 0 unspecified atom stereocenters. The molecular formula is C25H27N3O4S. The first kappa shape index (κ1) is 21.9. The van der Waals surface area contributed by atoms with E-state index in [9.17, 15) is 14.4 Å². The molecule has 3 heterocycles. The summed E-state index contributed by atoms with van der Waals surface area (Å²) in [5, 5.41) is 5.44. The number of Topliss-reactive ketones (excluding diaryl/α,β-unsaturated/α-hetero) is 1. The lowest BCUT2D eigenvalue weighted by Crippen LogP contribution is -2.42. The van der Waals surface area contributed by atoms with E-state index >= 15 is 0 Å². The Morgan fingerprint density at radius 1 is 1.03 bits per heavy atom. The average molecular weight is 466 g/mol. The first-order chi connectivity index (χ1) is 16.1. The predicted molar refractivity (Wildman–Crippen MR) is 127 cm³/mol. The highest BCUT2D eigenvalue weighted by Gasteiger charge is 2.39. The molecule has 1 N–H and O–H groups in total. The molecule has 1 saturated heterocycles. The van der Waals surface area contributed by atoms with Crippen molar-refractivity contribution in [3.05, 3.63) is 57.9 Å². The largest absolute Gasteiger partial charge is 0.378 e. The SMILES string of the molecule is O=C1CCCC2=C1[C@H](c1cccs1)N(C(=O)CCC(=O)N1CCOCC1)c1ccccc1N2. The van der Waals surface area contributed by atoms with Gasteiger partial charge in [0.25, 0.3) is 0 Å². The first-order valence-electron chi connectivity index (χ1n) is 11.5. The fraction of sp³-hybridized carbons (Fsp3) is 0.400. The molecule has 2 aliphatic heterocycles. The van der Waals surface area contributed by atoms with Crippen LogP contribution in [0.25, 0.3) is 0 Å². The van der Waals surface area contributed by atoms with Crippen molar-refractivity contribution in [1.29, 1.82) is 0 Å². The number of anilines is 2. The van der Waals surface area contributed by atoms with Crippen molar-refractivity contribution >= 4 is 40.3 Å². The van der Waals surface area contributed by atoms with Crippen LogP contribution in [0.4, 0.5) is 11.4 Å². The normalized spacial score (nSPS) is 20.6. The predicted octanol–water partition coefficient (Wildman–Crippen LogP) is 3.89. The number of nitrogens with one attached hydrogen (secondary N) is 1. The van der Waals surface area contributed by atoms with Gasteiger partial charge in [0, 0.05) is 48.5 Å². The maximum atomic E-state index is 13.8. The van der Waals surface area contributed by atoms with Gasteiger partial charge in [-0.1, -0.05) is 18.2 Å². The van der Waals surface area contributed by atoms with Gasteiger partial charge in [0.1, 0.15) is 6.04 Å². The zero-order valence-corrected chi connectivity index (χ0v) is 19.2. The molecule has 1 fully saturated rings. The Bertz CT molecular complexity index is 1090. The van der Waals surface area contributed by atoms with Gasteiger partial charge < -0.3 is 15.0 Å². The van der Waals surface area contributed by atoms with Crippen molar-refractivity contribution in [3.8, 4) is 0 Å². The number of fused-ring (bicyclic) bond motifs is 1. The van der Waals surface area contributed by atoms with Crippen molar-refractivity contribution in [2.24, 2.45) is 0 Å². The third-order valence-electron chi connectivity index (χ3n) is 6.43. The Morgan fingerprint density at radius 2 is 1.82 bits per heavy atom. The van der Waals surface area contributed by atoms with Crippen LogP contribution in [0.1, 0.15) is 43.0 Å². The molecule has 1 aromatic carbocycles. The minimum Gasteiger partial charge on any atom is -0.378 e. The fourth-order valence-electron chi connectivity index (χ4n) is 4.83. The molecule has 7 nitrogen and oxygen atoms in total. The maximum Gasteiger partial charge on any atom is 0.228 e. The number of allylic oxidation sites excluding steroid dienone is 1. The molecule has 2 amide bonds. The highest BCUT2D eigenvalue weighted by molar-refractivity contribution is 7.10. The molecule has 1 atom stereocenters. The van der Waals surface area contributed by atoms with Gasteiger partial charge in [-0.25, -0.2) is 0 Å². The number of ether oxygens (including phenoxy) is 1. The number of ketones is 1. The van der Waals surface area contributed by atoms with Crippen LogP contribution in [0.3, 0.4) is 0 Å². The molecule has 8 heteroatoms. The Labute approximate surface area is 197 Å². The monoisotopic (exact) mass is 465 g/mol. The number of morpholine rings is 1. The van der Waals surface area contributed by atoms with Gasteiger partial charge in [-0.3, -0.25) is 19.3 Å². The van der Waals surface area contributed by atoms with E-state index in [4.69, 9.17) is 4.74 Å². The molecule has 0 bridgehead atoms. The number of carbonyl (C=O) groups excluding carboxylic acids is 3. The summed E-state index contributed by atoms with van der Waals surface area (Å²) in [6.07, 6.45) is 2.28. The van der Waals surface area contributed by atoms with Crippen molar-refractivity contribution in [2.45, 2.75) is 38.1 Å². The van der Waals surface area contributed by atoms with Crippen LogP contribution in [0.5, 0.6) is 0 Å². The van der Waals surface area contributed by atoms with Crippen molar-refractivity contribution in [1.82, 2.24) is 4.90 Å². The fourth-order valence-corrected chi connectivity index (χ4v) is 5.65. The number of rotatable bonds is 4. The molecule has 33 heavy (non-hydrogen) atoms.